The summed E-state index contributed by atoms with van der Waals surface area (Å²) in [7, 11) is 1.66. The van der Waals surface area contributed by atoms with Crippen LogP contribution in [0.25, 0.3) is 0 Å². The minimum atomic E-state index is 0.286. The Balaban J connectivity index is 1.96. The van der Waals surface area contributed by atoms with Crippen LogP contribution in [0.3, 0.4) is 0 Å². The predicted octanol–water partition coefficient (Wildman–Crippen LogP) is 4.57. The molecule has 1 saturated carbocycles. The topological polar surface area (TPSA) is 29.5 Å². The summed E-state index contributed by atoms with van der Waals surface area (Å²) in [5, 5.41) is 0. The van der Waals surface area contributed by atoms with Crippen LogP contribution >= 0.6 is 15.9 Å². The van der Waals surface area contributed by atoms with E-state index in [1.54, 1.807) is 7.11 Å². The highest BCUT2D eigenvalue weighted by Crippen LogP contribution is 2.28. The van der Waals surface area contributed by atoms with E-state index in [2.05, 4.69) is 34.7 Å². The fourth-order valence-corrected chi connectivity index (χ4v) is 3.93. The van der Waals surface area contributed by atoms with Crippen molar-refractivity contribution in [2.24, 2.45) is 0 Å². The Morgan fingerprint density at radius 3 is 2.59 bits per heavy atom. The molecular weight excluding hydrogens is 342 g/mol. The van der Waals surface area contributed by atoms with Crippen molar-refractivity contribution in [1.29, 1.82) is 0 Å². The highest BCUT2D eigenvalue weighted by atomic mass is 79.9. The summed E-state index contributed by atoms with van der Waals surface area (Å²) in [6, 6.07) is 6.77. The molecule has 2 rings (SSSR count). The van der Waals surface area contributed by atoms with Crippen molar-refractivity contribution in [3.05, 3.63) is 28.2 Å². The molecule has 0 aliphatic heterocycles. The molecule has 0 saturated heterocycles. The number of nitrogens with zero attached hydrogens (tertiary/aromatic N) is 1. The lowest BCUT2D eigenvalue weighted by Crippen LogP contribution is -2.43. The van der Waals surface area contributed by atoms with Crippen LogP contribution in [0.15, 0.2) is 22.7 Å². The van der Waals surface area contributed by atoms with Crippen LogP contribution < -0.4 is 4.74 Å². The largest absolute Gasteiger partial charge is 0.496 e. The molecule has 1 aromatic carbocycles. The molecule has 1 amide bonds. The zero-order valence-electron chi connectivity index (χ0n) is 13.8. The van der Waals surface area contributed by atoms with Crippen molar-refractivity contribution in [2.45, 2.75) is 64.5 Å². The highest BCUT2D eigenvalue weighted by molar-refractivity contribution is 9.10. The van der Waals surface area contributed by atoms with Gasteiger partial charge in [0.15, 0.2) is 0 Å². The number of methoxy groups -OCH3 is 1. The third kappa shape index (κ3) is 4.25. The smallest absolute Gasteiger partial charge is 0.223 e. The van der Waals surface area contributed by atoms with Crippen LogP contribution in [-0.2, 0) is 11.2 Å². The molecule has 122 valence electrons. The fraction of sp³-hybridized carbons (Fsp3) is 0.611. The van der Waals surface area contributed by atoms with E-state index < -0.39 is 0 Å². The second-order valence-electron chi connectivity index (χ2n) is 6.30. The molecular formula is C18H26BrNO2. The number of benzene rings is 1. The minimum Gasteiger partial charge on any atom is -0.496 e. The lowest BCUT2D eigenvalue weighted by atomic mass is 10.1. The number of aryl methyl sites for hydroxylation is 1. The van der Waals surface area contributed by atoms with Crippen molar-refractivity contribution >= 4 is 21.8 Å². The molecule has 0 unspecified atom stereocenters. The van der Waals surface area contributed by atoms with Gasteiger partial charge in [-0.1, -0.05) is 18.9 Å². The van der Waals surface area contributed by atoms with Gasteiger partial charge >= 0.3 is 0 Å². The summed E-state index contributed by atoms with van der Waals surface area (Å²) in [4.78, 5) is 14.8. The van der Waals surface area contributed by atoms with Crippen LogP contribution in [0.5, 0.6) is 5.75 Å². The number of carbonyl (C=O) groups excluding carboxylic acids is 1. The highest BCUT2D eigenvalue weighted by Gasteiger charge is 2.28. The number of hydrogen-bond acceptors (Lipinski definition) is 2. The maximum absolute atomic E-state index is 12.6. The van der Waals surface area contributed by atoms with Gasteiger partial charge in [0.2, 0.25) is 5.91 Å². The molecule has 0 aromatic heterocycles. The first-order valence-corrected chi connectivity index (χ1v) is 8.95. The molecule has 3 nitrogen and oxygen atoms in total. The summed E-state index contributed by atoms with van der Waals surface area (Å²) < 4.78 is 6.18. The van der Waals surface area contributed by atoms with Gasteiger partial charge in [0.05, 0.1) is 11.6 Å². The normalized spacial score (nSPS) is 15.3. The maximum atomic E-state index is 12.6. The van der Waals surface area contributed by atoms with Crippen LogP contribution in [0.1, 0.15) is 51.5 Å². The van der Waals surface area contributed by atoms with E-state index in [4.69, 9.17) is 4.74 Å². The standard InChI is InChI=1S/C18H26BrNO2/c1-13(2)20(15-6-4-5-7-15)18(21)11-9-14-8-10-17(22-3)16(19)12-14/h8,10,12-13,15H,4-7,9,11H2,1-3H3. The number of rotatable bonds is 6. The van der Waals surface area contributed by atoms with Crippen LogP contribution in [0.2, 0.25) is 0 Å². The SMILES string of the molecule is COc1ccc(CCC(=O)N(C(C)C)C2CCCC2)cc1Br. The molecule has 0 radical (unpaired) electrons. The fourth-order valence-electron chi connectivity index (χ4n) is 3.34. The predicted molar refractivity (Wildman–Crippen MR) is 93.3 cm³/mol. The van der Waals surface area contributed by atoms with E-state index in [0.717, 1.165) is 35.0 Å². The molecule has 0 heterocycles. The third-order valence-corrected chi connectivity index (χ3v) is 5.03. The van der Waals surface area contributed by atoms with Crippen molar-refractivity contribution in [2.75, 3.05) is 7.11 Å². The Morgan fingerprint density at radius 1 is 1.36 bits per heavy atom. The molecule has 22 heavy (non-hydrogen) atoms. The monoisotopic (exact) mass is 367 g/mol. The molecule has 0 atom stereocenters. The van der Waals surface area contributed by atoms with Crippen molar-refractivity contribution < 1.29 is 9.53 Å². The van der Waals surface area contributed by atoms with Crippen LogP contribution in [-0.4, -0.2) is 30.0 Å². The number of ether oxygens (including phenoxy) is 1. The lowest BCUT2D eigenvalue weighted by Gasteiger charge is -2.33. The second kappa shape index (κ2) is 8.00. The van der Waals surface area contributed by atoms with Gasteiger partial charge in [0, 0.05) is 18.5 Å². The third-order valence-electron chi connectivity index (χ3n) is 4.41. The molecule has 1 aliphatic carbocycles. The lowest BCUT2D eigenvalue weighted by molar-refractivity contribution is -0.135. The molecule has 1 aromatic rings. The first kappa shape index (κ1) is 17.3. The van der Waals surface area contributed by atoms with E-state index >= 15 is 0 Å². The van der Waals surface area contributed by atoms with Crippen molar-refractivity contribution in [3.8, 4) is 5.75 Å². The average Bonchev–Trinajstić information content (AvgIpc) is 2.99. The zero-order valence-corrected chi connectivity index (χ0v) is 15.4. The number of halogens is 1. The van der Waals surface area contributed by atoms with E-state index in [1.165, 1.54) is 12.8 Å². The van der Waals surface area contributed by atoms with Gasteiger partial charge in [-0.15, -0.1) is 0 Å². The Labute approximate surface area is 142 Å². The van der Waals surface area contributed by atoms with E-state index in [0.29, 0.717) is 18.5 Å². The molecule has 1 fully saturated rings. The van der Waals surface area contributed by atoms with E-state index in [1.807, 2.05) is 18.2 Å². The number of carbonyl (C=O) groups is 1. The van der Waals surface area contributed by atoms with Crippen LogP contribution in [0, 0.1) is 0 Å². The number of hydrogen-bond donors (Lipinski definition) is 0. The Kier molecular flexibility index (Phi) is 6.30. The van der Waals surface area contributed by atoms with Crippen LogP contribution in [0.4, 0.5) is 0 Å². The van der Waals surface area contributed by atoms with Gasteiger partial charge in [-0.2, -0.15) is 0 Å². The molecule has 1 aliphatic rings. The van der Waals surface area contributed by atoms with Crippen molar-refractivity contribution in [3.63, 3.8) is 0 Å². The van der Waals surface area contributed by atoms with Gasteiger partial charge < -0.3 is 9.64 Å². The molecule has 4 heteroatoms. The minimum absolute atomic E-state index is 0.286. The molecule has 0 bridgehead atoms. The first-order valence-electron chi connectivity index (χ1n) is 8.16. The Hall–Kier alpha value is -1.03. The van der Waals surface area contributed by atoms with Gasteiger partial charge in [0.1, 0.15) is 5.75 Å². The summed E-state index contributed by atoms with van der Waals surface area (Å²) in [5.41, 5.74) is 1.16. The van der Waals surface area contributed by atoms with Gasteiger partial charge in [-0.25, -0.2) is 0 Å². The average molecular weight is 368 g/mol. The summed E-state index contributed by atoms with van der Waals surface area (Å²) in [6.45, 7) is 4.25. The van der Waals surface area contributed by atoms with E-state index in [9.17, 15) is 4.79 Å². The maximum Gasteiger partial charge on any atom is 0.223 e. The van der Waals surface area contributed by atoms with Gasteiger partial charge in [0.25, 0.3) is 0 Å². The molecule has 0 spiro atoms. The summed E-state index contributed by atoms with van der Waals surface area (Å²) in [6.07, 6.45) is 6.19. The van der Waals surface area contributed by atoms with E-state index in [-0.39, 0.29) is 5.91 Å². The zero-order chi connectivity index (χ0) is 16.1. The molecule has 0 N–H and O–H groups in total. The Morgan fingerprint density at radius 2 is 2.05 bits per heavy atom. The summed E-state index contributed by atoms with van der Waals surface area (Å²) in [5.74, 6) is 1.11. The first-order chi connectivity index (χ1) is 10.5. The van der Waals surface area contributed by atoms with Gasteiger partial charge in [-0.05, 0) is 66.7 Å². The number of amides is 1. The van der Waals surface area contributed by atoms with Crippen molar-refractivity contribution in [1.82, 2.24) is 4.90 Å². The Bertz CT molecular complexity index is 510. The quantitative estimate of drug-likeness (QED) is 0.736. The summed E-state index contributed by atoms with van der Waals surface area (Å²) >= 11 is 3.50. The second-order valence-corrected chi connectivity index (χ2v) is 7.16. The van der Waals surface area contributed by atoms with Gasteiger partial charge in [-0.3, -0.25) is 4.79 Å².